The highest BCUT2D eigenvalue weighted by molar-refractivity contribution is 7.09. The lowest BCUT2D eigenvalue weighted by Crippen LogP contribution is -2.42. The molecule has 0 unspecified atom stereocenters. The molecule has 0 spiro atoms. The first-order valence-corrected chi connectivity index (χ1v) is 9.54. The number of nitrogens with zero attached hydrogens (tertiary/aromatic N) is 2. The zero-order chi connectivity index (χ0) is 18.4. The van der Waals surface area contributed by atoms with Crippen LogP contribution in [-0.4, -0.2) is 22.6 Å². The molecule has 3 aromatic rings. The number of rotatable bonds is 3. The Balaban J connectivity index is 1.53. The number of carbonyl (C=O) groups is 1. The normalized spacial score (nSPS) is 17.6. The molecule has 0 bridgehead atoms. The Kier molecular flexibility index (Phi) is 3.75. The van der Waals surface area contributed by atoms with Gasteiger partial charge in [-0.2, -0.15) is 0 Å². The maximum absolute atomic E-state index is 13.3. The minimum Gasteiger partial charge on any atom is -0.454 e. The smallest absolute Gasteiger partial charge is 0.258 e. The zero-order valence-corrected chi connectivity index (χ0v) is 15.5. The Hall–Kier alpha value is -3.06. The zero-order valence-electron chi connectivity index (χ0n) is 14.6. The highest BCUT2D eigenvalue weighted by atomic mass is 32.1. The van der Waals surface area contributed by atoms with Gasteiger partial charge in [-0.25, -0.2) is 4.98 Å². The van der Waals surface area contributed by atoms with Crippen molar-refractivity contribution in [3.8, 4) is 11.5 Å². The number of aryl methyl sites for hydroxylation is 1. The molecule has 0 radical (unpaired) electrons. The van der Waals surface area contributed by atoms with E-state index in [1.165, 1.54) is 0 Å². The second-order valence-corrected chi connectivity index (χ2v) is 7.57. The fourth-order valence-electron chi connectivity index (χ4n) is 3.43. The molecule has 2 aromatic carbocycles. The van der Waals surface area contributed by atoms with Gasteiger partial charge in [0.2, 0.25) is 6.79 Å². The fraction of sp³-hybridized carbons (Fsp3) is 0.200. The third-order valence-electron chi connectivity index (χ3n) is 4.73. The van der Waals surface area contributed by atoms with Crippen LogP contribution in [0.1, 0.15) is 32.8 Å². The van der Waals surface area contributed by atoms with Crippen LogP contribution in [0.15, 0.2) is 47.8 Å². The SMILES string of the molecule is Cc1nc([C@@H]2Nc3ccccc3C(=O)N2Cc2ccc3c(c2)OCO3)cs1. The van der Waals surface area contributed by atoms with Crippen molar-refractivity contribution in [3.05, 3.63) is 69.7 Å². The molecule has 0 fully saturated rings. The van der Waals surface area contributed by atoms with E-state index in [0.29, 0.717) is 17.9 Å². The van der Waals surface area contributed by atoms with Gasteiger partial charge < -0.3 is 19.7 Å². The molecule has 1 atom stereocenters. The van der Waals surface area contributed by atoms with Crippen molar-refractivity contribution in [2.45, 2.75) is 19.6 Å². The Morgan fingerprint density at radius 2 is 2.07 bits per heavy atom. The molecule has 27 heavy (non-hydrogen) atoms. The highest BCUT2D eigenvalue weighted by Gasteiger charge is 2.34. The van der Waals surface area contributed by atoms with Crippen LogP contribution in [0, 0.1) is 6.92 Å². The van der Waals surface area contributed by atoms with Crippen molar-refractivity contribution in [1.82, 2.24) is 9.88 Å². The number of hydrogen-bond acceptors (Lipinski definition) is 6. The molecule has 1 aromatic heterocycles. The molecule has 2 aliphatic heterocycles. The van der Waals surface area contributed by atoms with E-state index in [2.05, 4.69) is 10.3 Å². The maximum atomic E-state index is 13.3. The van der Waals surface area contributed by atoms with Crippen LogP contribution >= 0.6 is 11.3 Å². The van der Waals surface area contributed by atoms with Crippen molar-refractivity contribution < 1.29 is 14.3 Å². The lowest BCUT2D eigenvalue weighted by molar-refractivity contribution is 0.0663. The maximum Gasteiger partial charge on any atom is 0.258 e. The van der Waals surface area contributed by atoms with E-state index in [0.717, 1.165) is 27.7 Å². The predicted molar refractivity (Wildman–Crippen MR) is 102 cm³/mol. The summed E-state index contributed by atoms with van der Waals surface area (Å²) in [7, 11) is 0. The van der Waals surface area contributed by atoms with E-state index in [4.69, 9.17) is 9.47 Å². The van der Waals surface area contributed by atoms with Gasteiger partial charge in [-0.3, -0.25) is 4.79 Å². The van der Waals surface area contributed by atoms with Crippen LogP contribution in [0.4, 0.5) is 5.69 Å². The van der Waals surface area contributed by atoms with E-state index >= 15 is 0 Å². The van der Waals surface area contributed by atoms with Gasteiger partial charge in [0.25, 0.3) is 5.91 Å². The predicted octanol–water partition coefficient (Wildman–Crippen LogP) is 3.95. The van der Waals surface area contributed by atoms with Crippen molar-refractivity contribution >= 4 is 22.9 Å². The molecular weight excluding hydrogens is 362 g/mol. The lowest BCUT2D eigenvalue weighted by Gasteiger charge is -2.37. The Morgan fingerprint density at radius 3 is 2.93 bits per heavy atom. The van der Waals surface area contributed by atoms with E-state index in [1.807, 2.05) is 59.7 Å². The molecule has 0 saturated heterocycles. The Morgan fingerprint density at radius 1 is 1.22 bits per heavy atom. The number of hydrogen-bond donors (Lipinski definition) is 1. The number of anilines is 1. The summed E-state index contributed by atoms with van der Waals surface area (Å²) in [5, 5.41) is 6.45. The molecule has 1 amide bonds. The van der Waals surface area contributed by atoms with E-state index in [-0.39, 0.29) is 18.9 Å². The second-order valence-electron chi connectivity index (χ2n) is 6.50. The van der Waals surface area contributed by atoms with Gasteiger partial charge in [0, 0.05) is 17.6 Å². The number of benzene rings is 2. The molecule has 0 aliphatic carbocycles. The van der Waals surface area contributed by atoms with Gasteiger partial charge in [-0.05, 0) is 36.8 Å². The molecular formula is C20H17N3O3S. The quantitative estimate of drug-likeness (QED) is 0.747. The monoisotopic (exact) mass is 379 g/mol. The number of aromatic nitrogens is 1. The third kappa shape index (κ3) is 2.80. The van der Waals surface area contributed by atoms with E-state index in [9.17, 15) is 4.79 Å². The summed E-state index contributed by atoms with van der Waals surface area (Å²) in [5.74, 6) is 1.43. The van der Waals surface area contributed by atoms with Crippen molar-refractivity contribution in [2.75, 3.05) is 12.1 Å². The van der Waals surface area contributed by atoms with Crippen LogP contribution in [-0.2, 0) is 6.54 Å². The van der Waals surface area contributed by atoms with E-state index < -0.39 is 0 Å². The Bertz CT molecular complexity index is 1030. The van der Waals surface area contributed by atoms with Crippen LogP contribution in [0.5, 0.6) is 11.5 Å². The van der Waals surface area contributed by atoms with Crippen LogP contribution in [0.2, 0.25) is 0 Å². The average molecular weight is 379 g/mol. The molecule has 0 saturated carbocycles. The number of carbonyl (C=O) groups excluding carboxylic acids is 1. The molecule has 6 nitrogen and oxygen atoms in total. The summed E-state index contributed by atoms with van der Waals surface area (Å²) in [4.78, 5) is 19.7. The number of nitrogens with one attached hydrogen (secondary N) is 1. The standard InChI is InChI=1S/C20H17N3O3S/c1-12-21-16(10-27-12)19-22-15-5-3-2-4-14(15)20(24)23(19)9-13-6-7-17-18(8-13)26-11-25-17/h2-8,10,19,22H,9,11H2,1H3/t19-/m1/s1. The first kappa shape index (κ1) is 16.1. The summed E-state index contributed by atoms with van der Waals surface area (Å²) in [5.41, 5.74) is 3.33. The lowest BCUT2D eigenvalue weighted by atomic mass is 10.1. The number of fused-ring (bicyclic) bond motifs is 2. The van der Waals surface area contributed by atoms with Gasteiger partial charge in [-0.1, -0.05) is 18.2 Å². The van der Waals surface area contributed by atoms with E-state index in [1.54, 1.807) is 11.3 Å². The number of para-hydroxylation sites is 1. The minimum atomic E-state index is -0.317. The van der Waals surface area contributed by atoms with Gasteiger partial charge in [-0.15, -0.1) is 11.3 Å². The summed E-state index contributed by atoms with van der Waals surface area (Å²) < 4.78 is 10.9. The molecule has 136 valence electrons. The van der Waals surface area contributed by atoms with Gasteiger partial charge in [0.05, 0.1) is 16.3 Å². The fourth-order valence-corrected chi connectivity index (χ4v) is 4.06. The summed E-state index contributed by atoms with van der Waals surface area (Å²) >= 11 is 1.58. The molecule has 5 rings (SSSR count). The molecule has 3 heterocycles. The third-order valence-corrected chi connectivity index (χ3v) is 5.52. The summed E-state index contributed by atoms with van der Waals surface area (Å²) in [6, 6.07) is 13.4. The summed E-state index contributed by atoms with van der Waals surface area (Å²) in [6.07, 6.45) is -0.317. The largest absolute Gasteiger partial charge is 0.454 e. The topological polar surface area (TPSA) is 63.7 Å². The highest BCUT2D eigenvalue weighted by Crippen LogP contribution is 2.37. The minimum absolute atomic E-state index is 0.0160. The average Bonchev–Trinajstić information content (AvgIpc) is 3.32. The van der Waals surface area contributed by atoms with Gasteiger partial charge >= 0.3 is 0 Å². The van der Waals surface area contributed by atoms with Crippen molar-refractivity contribution in [2.24, 2.45) is 0 Å². The van der Waals surface area contributed by atoms with Crippen molar-refractivity contribution in [3.63, 3.8) is 0 Å². The van der Waals surface area contributed by atoms with Gasteiger partial charge in [0.15, 0.2) is 11.5 Å². The second kappa shape index (κ2) is 6.28. The Labute approximate surface area is 160 Å². The van der Waals surface area contributed by atoms with Crippen LogP contribution < -0.4 is 14.8 Å². The number of ether oxygens (including phenoxy) is 2. The number of amides is 1. The van der Waals surface area contributed by atoms with Crippen LogP contribution in [0.25, 0.3) is 0 Å². The van der Waals surface area contributed by atoms with Crippen molar-refractivity contribution in [1.29, 1.82) is 0 Å². The molecule has 2 aliphatic rings. The van der Waals surface area contributed by atoms with Crippen LogP contribution in [0.3, 0.4) is 0 Å². The molecule has 1 N–H and O–H groups in total. The summed E-state index contributed by atoms with van der Waals surface area (Å²) in [6.45, 7) is 2.64. The number of thiazole rings is 1. The van der Waals surface area contributed by atoms with Gasteiger partial charge in [0.1, 0.15) is 6.17 Å². The first-order chi connectivity index (χ1) is 13.2. The molecule has 7 heteroatoms. The first-order valence-electron chi connectivity index (χ1n) is 8.66.